The van der Waals surface area contributed by atoms with Crippen LogP contribution in [0.2, 0.25) is 0 Å². The smallest absolute Gasteiger partial charge is 0.174 e. The van der Waals surface area contributed by atoms with Crippen molar-refractivity contribution >= 4 is 11.3 Å². The Morgan fingerprint density at radius 1 is 1.22 bits per heavy atom. The zero-order valence-electron chi connectivity index (χ0n) is 9.93. The molecule has 1 aromatic carbocycles. The SMILES string of the molecule is N#CCOc1cccc(CNCc2ccsc2)c1. The summed E-state index contributed by atoms with van der Waals surface area (Å²) in [5.74, 6) is 0.742. The molecule has 0 unspecified atom stereocenters. The van der Waals surface area contributed by atoms with Crippen molar-refractivity contribution in [3.05, 3.63) is 52.2 Å². The molecular weight excluding hydrogens is 244 g/mol. The number of thiophene rings is 1. The molecule has 1 heterocycles. The minimum atomic E-state index is 0.0891. The monoisotopic (exact) mass is 258 g/mol. The van der Waals surface area contributed by atoms with E-state index in [4.69, 9.17) is 10.00 Å². The van der Waals surface area contributed by atoms with Crippen molar-refractivity contribution in [2.75, 3.05) is 6.61 Å². The van der Waals surface area contributed by atoms with Gasteiger partial charge in [0.15, 0.2) is 6.61 Å². The topological polar surface area (TPSA) is 45.0 Å². The highest BCUT2D eigenvalue weighted by atomic mass is 32.1. The van der Waals surface area contributed by atoms with Crippen LogP contribution in [0.4, 0.5) is 0 Å². The van der Waals surface area contributed by atoms with Gasteiger partial charge in [-0.05, 0) is 40.1 Å². The molecule has 92 valence electrons. The van der Waals surface area contributed by atoms with E-state index in [0.717, 1.165) is 24.4 Å². The second kappa shape index (κ2) is 6.80. The lowest BCUT2D eigenvalue weighted by Crippen LogP contribution is -2.12. The molecule has 0 saturated carbocycles. The second-order valence-corrected chi connectivity index (χ2v) is 4.61. The maximum absolute atomic E-state index is 8.46. The standard InChI is InChI=1S/C14H14N2OS/c15-5-6-17-14-3-1-2-12(8-14)9-16-10-13-4-7-18-11-13/h1-4,7-8,11,16H,6,9-10H2. The summed E-state index contributed by atoms with van der Waals surface area (Å²) in [6, 6.07) is 11.9. The largest absolute Gasteiger partial charge is 0.479 e. The molecule has 0 bridgehead atoms. The van der Waals surface area contributed by atoms with Crippen molar-refractivity contribution in [2.45, 2.75) is 13.1 Å². The van der Waals surface area contributed by atoms with Crippen molar-refractivity contribution in [3.8, 4) is 11.8 Å². The highest BCUT2D eigenvalue weighted by molar-refractivity contribution is 7.07. The number of rotatable bonds is 6. The van der Waals surface area contributed by atoms with E-state index in [1.54, 1.807) is 11.3 Å². The summed E-state index contributed by atoms with van der Waals surface area (Å²) >= 11 is 1.71. The van der Waals surface area contributed by atoms with Crippen molar-refractivity contribution in [3.63, 3.8) is 0 Å². The predicted molar refractivity (Wildman–Crippen MR) is 72.4 cm³/mol. The normalized spacial score (nSPS) is 9.94. The van der Waals surface area contributed by atoms with Crippen LogP contribution >= 0.6 is 11.3 Å². The Labute approximate surface area is 111 Å². The van der Waals surface area contributed by atoms with Gasteiger partial charge in [-0.3, -0.25) is 0 Å². The Morgan fingerprint density at radius 3 is 2.89 bits per heavy atom. The number of benzene rings is 1. The maximum atomic E-state index is 8.46. The lowest BCUT2D eigenvalue weighted by molar-refractivity contribution is 0.367. The van der Waals surface area contributed by atoms with Crippen LogP contribution in [0.3, 0.4) is 0 Å². The van der Waals surface area contributed by atoms with E-state index < -0.39 is 0 Å². The number of nitrogens with one attached hydrogen (secondary N) is 1. The van der Waals surface area contributed by atoms with Gasteiger partial charge in [0.05, 0.1) is 0 Å². The molecule has 0 aliphatic rings. The summed E-state index contributed by atoms with van der Waals surface area (Å²) in [4.78, 5) is 0. The third kappa shape index (κ3) is 3.88. The van der Waals surface area contributed by atoms with Gasteiger partial charge >= 0.3 is 0 Å². The Hall–Kier alpha value is -1.83. The Bertz CT molecular complexity index is 517. The molecule has 1 aromatic heterocycles. The van der Waals surface area contributed by atoms with E-state index in [2.05, 4.69) is 22.1 Å². The first-order valence-corrected chi connectivity index (χ1v) is 6.63. The molecule has 0 aliphatic carbocycles. The molecule has 4 heteroatoms. The Balaban J connectivity index is 1.83. The van der Waals surface area contributed by atoms with Gasteiger partial charge in [-0.15, -0.1) is 0 Å². The highest BCUT2D eigenvalue weighted by Gasteiger charge is 1.97. The van der Waals surface area contributed by atoms with Crippen LogP contribution in [-0.4, -0.2) is 6.61 Å². The number of hydrogen-bond acceptors (Lipinski definition) is 4. The maximum Gasteiger partial charge on any atom is 0.174 e. The van der Waals surface area contributed by atoms with Gasteiger partial charge in [0.1, 0.15) is 11.8 Å². The van der Waals surface area contributed by atoms with E-state index in [9.17, 15) is 0 Å². The van der Waals surface area contributed by atoms with Crippen LogP contribution in [-0.2, 0) is 13.1 Å². The van der Waals surface area contributed by atoms with Crippen LogP contribution in [0.5, 0.6) is 5.75 Å². The zero-order chi connectivity index (χ0) is 12.6. The summed E-state index contributed by atoms with van der Waals surface area (Å²) in [6.07, 6.45) is 0. The molecule has 0 amide bonds. The summed E-state index contributed by atoms with van der Waals surface area (Å²) < 4.78 is 5.26. The number of hydrogen-bond donors (Lipinski definition) is 1. The van der Waals surface area contributed by atoms with Crippen LogP contribution in [0.25, 0.3) is 0 Å². The van der Waals surface area contributed by atoms with Crippen LogP contribution in [0, 0.1) is 11.3 Å². The zero-order valence-corrected chi connectivity index (χ0v) is 10.7. The van der Waals surface area contributed by atoms with E-state index in [1.165, 1.54) is 5.56 Å². The van der Waals surface area contributed by atoms with Gasteiger partial charge < -0.3 is 10.1 Å². The Morgan fingerprint density at radius 2 is 2.11 bits per heavy atom. The van der Waals surface area contributed by atoms with Gasteiger partial charge in [0.25, 0.3) is 0 Å². The third-order valence-corrected chi connectivity index (χ3v) is 3.17. The first kappa shape index (κ1) is 12.6. The first-order chi connectivity index (χ1) is 8.88. The molecule has 1 N–H and O–H groups in total. The van der Waals surface area contributed by atoms with Crippen molar-refractivity contribution in [1.29, 1.82) is 5.26 Å². The Kier molecular flexibility index (Phi) is 4.77. The first-order valence-electron chi connectivity index (χ1n) is 5.69. The summed E-state index contributed by atoms with van der Waals surface area (Å²) in [5.41, 5.74) is 2.46. The fourth-order valence-electron chi connectivity index (χ4n) is 1.61. The van der Waals surface area contributed by atoms with Gasteiger partial charge in [-0.1, -0.05) is 12.1 Å². The molecule has 3 nitrogen and oxygen atoms in total. The van der Waals surface area contributed by atoms with Crippen molar-refractivity contribution in [1.82, 2.24) is 5.32 Å². The van der Waals surface area contributed by atoms with Crippen LogP contribution in [0.1, 0.15) is 11.1 Å². The van der Waals surface area contributed by atoms with E-state index in [-0.39, 0.29) is 6.61 Å². The average Bonchev–Trinajstić information content (AvgIpc) is 2.90. The lowest BCUT2D eigenvalue weighted by atomic mass is 10.2. The van der Waals surface area contributed by atoms with E-state index in [0.29, 0.717) is 0 Å². The summed E-state index contributed by atoms with van der Waals surface area (Å²) in [6.45, 7) is 1.75. The third-order valence-electron chi connectivity index (χ3n) is 2.44. The quantitative estimate of drug-likeness (QED) is 0.866. The summed E-state index contributed by atoms with van der Waals surface area (Å²) in [7, 11) is 0. The lowest BCUT2D eigenvalue weighted by Gasteiger charge is -2.06. The number of ether oxygens (including phenoxy) is 1. The molecule has 0 radical (unpaired) electrons. The van der Waals surface area contributed by atoms with Gasteiger partial charge in [-0.2, -0.15) is 16.6 Å². The molecule has 18 heavy (non-hydrogen) atoms. The van der Waals surface area contributed by atoms with E-state index >= 15 is 0 Å². The molecule has 2 aromatic rings. The number of nitriles is 1. The van der Waals surface area contributed by atoms with Gasteiger partial charge in [0.2, 0.25) is 0 Å². The second-order valence-electron chi connectivity index (χ2n) is 3.83. The molecule has 0 atom stereocenters. The van der Waals surface area contributed by atoms with Crippen molar-refractivity contribution in [2.24, 2.45) is 0 Å². The van der Waals surface area contributed by atoms with Gasteiger partial charge in [-0.25, -0.2) is 0 Å². The predicted octanol–water partition coefficient (Wildman–Crippen LogP) is 2.94. The molecule has 0 aliphatic heterocycles. The molecule has 0 fully saturated rings. The van der Waals surface area contributed by atoms with Crippen LogP contribution < -0.4 is 10.1 Å². The van der Waals surface area contributed by atoms with Crippen molar-refractivity contribution < 1.29 is 4.74 Å². The van der Waals surface area contributed by atoms with Gasteiger partial charge in [0, 0.05) is 13.1 Å². The fourth-order valence-corrected chi connectivity index (χ4v) is 2.27. The number of nitrogens with zero attached hydrogens (tertiary/aromatic N) is 1. The fraction of sp³-hybridized carbons (Fsp3) is 0.214. The average molecular weight is 258 g/mol. The van der Waals surface area contributed by atoms with Crippen LogP contribution in [0.15, 0.2) is 41.1 Å². The highest BCUT2D eigenvalue weighted by Crippen LogP contribution is 2.13. The molecule has 0 saturated heterocycles. The summed E-state index contributed by atoms with van der Waals surface area (Å²) in [5, 5.41) is 16.0. The minimum absolute atomic E-state index is 0.0891. The van der Waals surface area contributed by atoms with E-state index in [1.807, 2.05) is 30.3 Å². The minimum Gasteiger partial charge on any atom is -0.479 e. The molecule has 2 rings (SSSR count). The molecular formula is C14H14N2OS. The molecule has 0 spiro atoms.